The van der Waals surface area contributed by atoms with Crippen LogP contribution in [0.1, 0.15) is 85.8 Å². The van der Waals surface area contributed by atoms with E-state index >= 15 is 0 Å². The molecule has 0 aliphatic rings. The van der Waals surface area contributed by atoms with Crippen molar-refractivity contribution in [1.82, 2.24) is 0 Å². The molecule has 3 aromatic carbocycles. The second-order valence-corrected chi connectivity index (χ2v) is 9.91. The zero-order chi connectivity index (χ0) is 29.3. The summed E-state index contributed by atoms with van der Waals surface area (Å²) in [5, 5.41) is 22.7. The Hall–Kier alpha value is -3.57. The average Bonchev–Trinajstić information content (AvgIpc) is 2.93. The number of benzene rings is 3. The first-order chi connectivity index (χ1) is 19.3. The van der Waals surface area contributed by atoms with Gasteiger partial charge >= 0.3 is 16.5 Å². The summed E-state index contributed by atoms with van der Waals surface area (Å²) in [5.74, 6) is -2.53. The number of rotatable bonds is 13. The number of aliphatic imine (C=N–C) groups is 2. The standard InChI is InChI=1S/C21H26N2.C13H16O4.Ni/c1-4-5-6-11-21(23-20-13-8-10-18(3)15-20)16-22-19-12-7-9-17(2)14-19;1-2-3-4-5-9-6-10(12(16)8-14)13(17)11(15)7-9;/h7-10,12-16H,4-6,11H2,1-3H3;6-8,15,17H,2-5H2,1H3;/q;;+2/p-2. The zero-order valence-corrected chi connectivity index (χ0v) is 25.4. The maximum absolute atomic E-state index is 11.4. The summed E-state index contributed by atoms with van der Waals surface area (Å²) in [6.45, 7) is 8.46. The number of hydrogen-bond donors (Lipinski definition) is 0. The van der Waals surface area contributed by atoms with Gasteiger partial charge in [-0.3, -0.25) is 19.6 Å². The summed E-state index contributed by atoms with van der Waals surface area (Å²) in [6.07, 6.45) is 10.1. The SMILES string of the molecule is CCCCCC(C=Nc1cccc(C)c1)=Nc1cccc(C)c1.CCCCCc1cc([O-])c([O-])c(C(=O)C=O)c1.[Ni+2]. The van der Waals surface area contributed by atoms with Gasteiger partial charge in [0.1, 0.15) is 0 Å². The van der Waals surface area contributed by atoms with Crippen LogP contribution in [0.15, 0.2) is 70.6 Å². The largest absolute Gasteiger partial charge is 2.00 e. The van der Waals surface area contributed by atoms with Crippen molar-refractivity contribution in [3.8, 4) is 11.5 Å². The third kappa shape index (κ3) is 13.1. The van der Waals surface area contributed by atoms with Gasteiger partial charge in [0.15, 0.2) is 6.29 Å². The van der Waals surface area contributed by atoms with Crippen LogP contribution in [0.4, 0.5) is 11.4 Å². The molecule has 0 fully saturated rings. The van der Waals surface area contributed by atoms with Crippen molar-refractivity contribution in [3.63, 3.8) is 0 Å². The number of Topliss-reactive ketones (excluding diaryl/α,β-unsaturated/α-hetero) is 1. The first kappa shape index (κ1) is 35.5. The molecule has 7 heteroatoms. The van der Waals surface area contributed by atoms with E-state index < -0.39 is 17.3 Å². The van der Waals surface area contributed by atoms with Crippen LogP contribution >= 0.6 is 0 Å². The number of ketones is 1. The molecule has 0 aliphatic heterocycles. The Balaban J connectivity index is 0.000000419. The Bertz CT molecular complexity index is 1320. The van der Waals surface area contributed by atoms with Crippen LogP contribution in [0.3, 0.4) is 0 Å². The molecule has 0 heterocycles. The van der Waals surface area contributed by atoms with Gasteiger partial charge < -0.3 is 10.2 Å². The van der Waals surface area contributed by atoms with Gasteiger partial charge in [-0.25, -0.2) is 0 Å². The van der Waals surface area contributed by atoms with Crippen molar-refractivity contribution in [3.05, 3.63) is 82.9 Å². The average molecular weight is 599 g/mol. The van der Waals surface area contributed by atoms with Gasteiger partial charge in [0.2, 0.25) is 5.78 Å². The van der Waals surface area contributed by atoms with Gasteiger partial charge in [-0.2, -0.15) is 0 Å². The van der Waals surface area contributed by atoms with Crippen molar-refractivity contribution in [2.45, 2.75) is 79.1 Å². The number of unbranched alkanes of at least 4 members (excludes halogenated alkanes) is 4. The van der Waals surface area contributed by atoms with Gasteiger partial charge in [-0.05, 0) is 86.6 Å². The molecular weight excluding hydrogens is 559 g/mol. The summed E-state index contributed by atoms with van der Waals surface area (Å²) < 4.78 is 0. The Kier molecular flexibility index (Phi) is 16.9. The molecule has 0 saturated carbocycles. The van der Waals surface area contributed by atoms with E-state index in [1.54, 1.807) is 0 Å². The molecule has 0 radical (unpaired) electrons. The number of aryl methyl sites for hydroxylation is 3. The molecule has 0 saturated heterocycles. The molecule has 0 unspecified atom stereocenters. The third-order valence-electron chi connectivity index (χ3n) is 6.23. The summed E-state index contributed by atoms with van der Waals surface area (Å²) in [4.78, 5) is 30.9. The van der Waals surface area contributed by atoms with Gasteiger partial charge in [0, 0.05) is 11.8 Å². The van der Waals surface area contributed by atoms with E-state index in [-0.39, 0.29) is 28.3 Å². The molecule has 0 aliphatic carbocycles. The molecule has 6 nitrogen and oxygen atoms in total. The number of hydrogen-bond acceptors (Lipinski definition) is 6. The van der Waals surface area contributed by atoms with Gasteiger partial charge in [-0.1, -0.05) is 69.9 Å². The van der Waals surface area contributed by atoms with Crippen molar-refractivity contribution < 1.29 is 36.3 Å². The molecule has 220 valence electrons. The summed E-state index contributed by atoms with van der Waals surface area (Å²) in [5.41, 5.74) is 5.83. The maximum Gasteiger partial charge on any atom is 2.00 e. The minimum Gasteiger partial charge on any atom is -0.873 e. The fourth-order valence-corrected chi connectivity index (χ4v) is 4.06. The van der Waals surface area contributed by atoms with Crippen molar-refractivity contribution >= 4 is 35.4 Å². The minimum absolute atomic E-state index is 0. The summed E-state index contributed by atoms with van der Waals surface area (Å²) >= 11 is 0. The Morgan fingerprint density at radius 3 is 2.05 bits per heavy atom. The molecular formula is C34H40N2NiO4. The number of carbonyl (C=O) groups is 2. The maximum atomic E-state index is 11.4. The minimum atomic E-state index is -0.926. The molecule has 0 bridgehead atoms. The number of carbonyl (C=O) groups excluding carboxylic acids is 2. The van der Waals surface area contributed by atoms with Crippen LogP contribution in [0.2, 0.25) is 0 Å². The monoisotopic (exact) mass is 598 g/mol. The molecule has 3 rings (SSSR count). The van der Waals surface area contributed by atoms with Gasteiger partial charge in [0.05, 0.1) is 17.1 Å². The third-order valence-corrected chi connectivity index (χ3v) is 6.23. The van der Waals surface area contributed by atoms with E-state index in [1.165, 1.54) is 36.1 Å². The zero-order valence-electron chi connectivity index (χ0n) is 24.4. The van der Waals surface area contributed by atoms with E-state index in [0.717, 1.165) is 49.2 Å². The molecule has 0 N–H and O–H groups in total. The Morgan fingerprint density at radius 2 is 1.44 bits per heavy atom. The topological polar surface area (TPSA) is 105 Å². The smallest absolute Gasteiger partial charge is 0.873 e. The second kappa shape index (κ2) is 19.5. The molecule has 0 amide bonds. The van der Waals surface area contributed by atoms with Gasteiger partial charge in [0.25, 0.3) is 0 Å². The van der Waals surface area contributed by atoms with E-state index in [0.29, 0.717) is 12.0 Å². The predicted octanol–water partition coefficient (Wildman–Crippen LogP) is 7.30. The Morgan fingerprint density at radius 1 is 0.829 bits per heavy atom. The normalized spacial score (nSPS) is 11.0. The van der Waals surface area contributed by atoms with Crippen LogP contribution < -0.4 is 10.2 Å². The van der Waals surface area contributed by atoms with E-state index in [9.17, 15) is 19.8 Å². The fraction of sp³-hybridized carbons (Fsp3) is 0.353. The molecule has 3 aromatic rings. The predicted molar refractivity (Wildman–Crippen MR) is 161 cm³/mol. The quantitative estimate of drug-likeness (QED) is 0.0513. The number of aldehydes is 1. The van der Waals surface area contributed by atoms with Crippen LogP contribution in [0.5, 0.6) is 11.5 Å². The second-order valence-electron chi connectivity index (χ2n) is 9.91. The van der Waals surface area contributed by atoms with Crippen molar-refractivity contribution in [2.75, 3.05) is 0 Å². The van der Waals surface area contributed by atoms with Crippen LogP contribution in [0.25, 0.3) is 0 Å². The van der Waals surface area contributed by atoms with Crippen molar-refractivity contribution in [1.29, 1.82) is 0 Å². The van der Waals surface area contributed by atoms with E-state index in [1.807, 2.05) is 24.4 Å². The molecule has 0 atom stereocenters. The molecule has 0 spiro atoms. The van der Waals surface area contributed by atoms with Crippen LogP contribution in [-0.4, -0.2) is 24.0 Å². The Labute approximate surface area is 254 Å². The first-order valence-electron chi connectivity index (χ1n) is 14.0. The van der Waals surface area contributed by atoms with Crippen molar-refractivity contribution in [2.24, 2.45) is 9.98 Å². The summed E-state index contributed by atoms with van der Waals surface area (Å²) in [6, 6.07) is 19.2. The summed E-state index contributed by atoms with van der Waals surface area (Å²) in [7, 11) is 0. The fourth-order valence-electron chi connectivity index (χ4n) is 4.06. The van der Waals surface area contributed by atoms with Crippen LogP contribution in [-0.2, 0) is 27.7 Å². The first-order valence-corrected chi connectivity index (χ1v) is 14.0. The van der Waals surface area contributed by atoms with E-state index in [2.05, 4.69) is 63.0 Å². The molecule has 41 heavy (non-hydrogen) atoms. The number of nitrogens with zero attached hydrogens (tertiary/aromatic N) is 2. The van der Waals surface area contributed by atoms with Crippen LogP contribution in [0, 0.1) is 13.8 Å². The van der Waals surface area contributed by atoms with Gasteiger partial charge in [-0.15, -0.1) is 11.5 Å². The molecule has 0 aromatic heterocycles. The van der Waals surface area contributed by atoms with E-state index in [4.69, 9.17) is 4.99 Å².